The van der Waals surface area contributed by atoms with Crippen molar-refractivity contribution in [2.45, 2.75) is 6.92 Å². The van der Waals surface area contributed by atoms with Gasteiger partial charge in [0.15, 0.2) is 11.5 Å². The number of ether oxygens (including phenoxy) is 2. The van der Waals surface area contributed by atoms with Crippen molar-refractivity contribution in [3.8, 4) is 17.6 Å². The molecule has 0 fully saturated rings. The van der Waals surface area contributed by atoms with Crippen LogP contribution in [0.4, 0.5) is 5.69 Å². The Kier molecular flexibility index (Phi) is 6.38. The van der Waals surface area contributed by atoms with Crippen LogP contribution in [-0.2, 0) is 4.79 Å². The van der Waals surface area contributed by atoms with Gasteiger partial charge in [0.2, 0.25) is 0 Å². The third-order valence-electron chi connectivity index (χ3n) is 4.25. The molecule has 0 saturated carbocycles. The van der Waals surface area contributed by atoms with E-state index in [2.05, 4.69) is 5.32 Å². The van der Waals surface area contributed by atoms with Crippen LogP contribution >= 0.6 is 11.6 Å². The van der Waals surface area contributed by atoms with E-state index in [-0.39, 0.29) is 5.57 Å². The molecule has 3 aromatic rings. The van der Waals surface area contributed by atoms with Gasteiger partial charge in [-0.3, -0.25) is 4.79 Å². The maximum absolute atomic E-state index is 12.7. The highest BCUT2D eigenvalue weighted by Gasteiger charge is 2.14. The predicted molar refractivity (Wildman–Crippen MR) is 115 cm³/mol. The molecule has 6 heteroatoms. The lowest BCUT2D eigenvalue weighted by molar-refractivity contribution is -0.112. The standard InChI is InChI=1S/C23H19ClN2O3/c1-3-29-21-13-15(12-19(24)22(21)28-2)11-17(14-25)23(27)26-20-10-6-8-16-7-4-5-9-18(16)20/h4-13H,3H2,1-2H3,(H,26,27)/b17-11+. The van der Waals surface area contributed by atoms with E-state index in [1.807, 2.05) is 49.4 Å². The van der Waals surface area contributed by atoms with Crippen molar-refractivity contribution in [2.75, 3.05) is 19.0 Å². The van der Waals surface area contributed by atoms with Crippen LogP contribution in [0.2, 0.25) is 5.02 Å². The minimum atomic E-state index is -0.506. The first-order valence-corrected chi connectivity index (χ1v) is 9.36. The Morgan fingerprint density at radius 1 is 1.21 bits per heavy atom. The molecule has 0 aliphatic carbocycles. The van der Waals surface area contributed by atoms with E-state index in [1.54, 1.807) is 18.2 Å². The summed E-state index contributed by atoms with van der Waals surface area (Å²) in [7, 11) is 1.50. The second-order valence-electron chi connectivity index (χ2n) is 6.12. The van der Waals surface area contributed by atoms with E-state index in [1.165, 1.54) is 13.2 Å². The van der Waals surface area contributed by atoms with Gasteiger partial charge in [-0.1, -0.05) is 48.0 Å². The number of nitrogens with one attached hydrogen (secondary N) is 1. The van der Waals surface area contributed by atoms with E-state index in [0.29, 0.717) is 34.4 Å². The molecule has 0 aromatic heterocycles. The summed E-state index contributed by atoms with van der Waals surface area (Å²) >= 11 is 6.25. The number of nitriles is 1. The van der Waals surface area contributed by atoms with Gasteiger partial charge in [0.05, 0.1) is 18.7 Å². The number of benzene rings is 3. The zero-order valence-electron chi connectivity index (χ0n) is 16.0. The molecule has 0 saturated heterocycles. The van der Waals surface area contributed by atoms with Crippen LogP contribution in [0.5, 0.6) is 11.5 Å². The van der Waals surface area contributed by atoms with E-state index in [0.717, 1.165) is 10.8 Å². The summed E-state index contributed by atoms with van der Waals surface area (Å²) in [4.78, 5) is 12.7. The van der Waals surface area contributed by atoms with Crippen LogP contribution in [0.3, 0.4) is 0 Å². The van der Waals surface area contributed by atoms with Crippen LogP contribution in [0, 0.1) is 11.3 Å². The molecule has 0 radical (unpaired) electrons. The Morgan fingerprint density at radius 3 is 2.69 bits per heavy atom. The summed E-state index contributed by atoms with van der Waals surface area (Å²) in [6.45, 7) is 2.26. The molecule has 146 valence electrons. The minimum Gasteiger partial charge on any atom is -0.491 e. The molecule has 0 atom stereocenters. The molecule has 29 heavy (non-hydrogen) atoms. The molecule has 5 nitrogen and oxygen atoms in total. The number of anilines is 1. The maximum Gasteiger partial charge on any atom is 0.266 e. The summed E-state index contributed by atoms with van der Waals surface area (Å²) in [6.07, 6.45) is 1.47. The third kappa shape index (κ3) is 4.50. The topological polar surface area (TPSA) is 71.3 Å². The van der Waals surface area contributed by atoms with Crippen molar-refractivity contribution in [3.63, 3.8) is 0 Å². The average Bonchev–Trinajstić information content (AvgIpc) is 2.72. The van der Waals surface area contributed by atoms with E-state index >= 15 is 0 Å². The Balaban J connectivity index is 1.94. The van der Waals surface area contributed by atoms with Gasteiger partial charge in [-0.25, -0.2) is 0 Å². The fraction of sp³-hybridized carbons (Fsp3) is 0.130. The molecule has 0 spiro atoms. The number of hydrogen-bond acceptors (Lipinski definition) is 4. The highest BCUT2D eigenvalue weighted by molar-refractivity contribution is 6.32. The van der Waals surface area contributed by atoms with Crippen LogP contribution in [-0.4, -0.2) is 19.6 Å². The second kappa shape index (κ2) is 9.13. The van der Waals surface area contributed by atoms with Gasteiger partial charge >= 0.3 is 0 Å². The third-order valence-corrected chi connectivity index (χ3v) is 4.53. The Bertz CT molecular complexity index is 1130. The molecule has 3 rings (SSSR count). The van der Waals surface area contributed by atoms with Crippen molar-refractivity contribution in [2.24, 2.45) is 0 Å². The minimum absolute atomic E-state index is 0.0541. The molecule has 0 unspecified atom stereocenters. The van der Waals surface area contributed by atoms with Crippen molar-refractivity contribution < 1.29 is 14.3 Å². The number of rotatable bonds is 6. The molecule has 0 aliphatic heterocycles. The number of nitrogens with zero attached hydrogens (tertiary/aromatic N) is 1. The summed E-state index contributed by atoms with van der Waals surface area (Å²) in [6, 6.07) is 18.6. The number of fused-ring (bicyclic) bond motifs is 1. The monoisotopic (exact) mass is 406 g/mol. The summed E-state index contributed by atoms with van der Waals surface area (Å²) in [5.74, 6) is 0.346. The van der Waals surface area contributed by atoms with E-state index in [4.69, 9.17) is 21.1 Å². The quantitative estimate of drug-likeness (QED) is 0.436. The predicted octanol–water partition coefficient (Wildman–Crippen LogP) is 5.45. The lowest BCUT2D eigenvalue weighted by Crippen LogP contribution is -2.13. The number of halogens is 1. The SMILES string of the molecule is CCOc1cc(/C=C(\C#N)C(=O)Nc2cccc3ccccc23)cc(Cl)c1OC. The summed E-state index contributed by atoms with van der Waals surface area (Å²) in [5.41, 5.74) is 1.14. The van der Waals surface area contributed by atoms with Crippen LogP contribution in [0.25, 0.3) is 16.8 Å². The highest BCUT2D eigenvalue weighted by Crippen LogP contribution is 2.37. The van der Waals surface area contributed by atoms with Crippen molar-refractivity contribution in [1.29, 1.82) is 5.26 Å². The van der Waals surface area contributed by atoms with Crippen LogP contribution < -0.4 is 14.8 Å². The molecular weight excluding hydrogens is 388 g/mol. The smallest absolute Gasteiger partial charge is 0.266 e. The second-order valence-corrected chi connectivity index (χ2v) is 6.52. The number of amides is 1. The van der Waals surface area contributed by atoms with Crippen LogP contribution in [0.1, 0.15) is 12.5 Å². The van der Waals surface area contributed by atoms with Gasteiger partial charge in [0.1, 0.15) is 11.6 Å². The Labute approximate surface area is 174 Å². The largest absolute Gasteiger partial charge is 0.491 e. The molecular formula is C23H19ClN2O3. The van der Waals surface area contributed by atoms with Crippen LogP contribution in [0.15, 0.2) is 60.2 Å². The van der Waals surface area contributed by atoms with Gasteiger partial charge in [0, 0.05) is 11.1 Å². The fourth-order valence-corrected chi connectivity index (χ4v) is 3.27. The van der Waals surface area contributed by atoms with Gasteiger partial charge in [-0.15, -0.1) is 0 Å². The zero-order valence-corrected chi connectivity index (χ0v) is 16.8. The maximum atomic E-state index is 12.7. The molecule has 3 aromatic carbocycles. The van der Waals surface area contributed by atoms with Gasteiger partial charge in [-0.2, -0.15) is 5.26 Å². The van der Waals surface area contributed by atoms with Gasteiger partial charge in [-0.05, 0) is 42.1 Å². The lowest BCUT2D eigenvalue weighted by Gasteiger charge is -2.12. The molecule has 0 bridgehead atoms. The first-order chi connectivity index (χ1) is 14.1. The Hall–Kier alpha value is -3.49. The number of methoxy groups -OCH3 is 1. The lowest BCUT2D eigenvalue weighted by atomic mass is 10.1. The molecule has 0 aliphatic rings. The number of carbonyl (C=O) groups is 1. The van der Waals surface area contributed by atoms with E-state index in [9.17, 15) is 10.1 Å². The highest BCUT2D eigenvalue weighted by atomic mass is 35.5. The normalized spacial score (nSPS) is 11.0. The average molecular weight is 407 g/mol. The van der Waals surface area contributed by atoms with Crippen molar-refractivity contribution in [1.82, 2.24) is 0 Å². The Morgan fingerprint density at radius 2 is 1.97 bits per heavy atom. The fourth-order valence-electron chi connectivity index (χ4n) is 2.97. The van der Waals surface area contributed by atoms with E-state index < -0.39 is 5.91 Å². The molecule has 0 heterocycles. The summed E-state index contributed by atoms with van der Waals surface area (Å²) < 4.78 is 10.8. The first kappa shape index (κ1) is 20.2. The number of carbonyl (C=O) groups excluding carboxylic acids is 1. The zero-order chi connectivity index (χ0) is 20.8. The number of hydrogen-bond donors (Lipinski definition) is 1. The summed E-state index contributed by atoms with van der Waals surface area (Å²) in [5, 5.41) is 14.6. The molecule has 1 amide bonds. The van der Waals surface area contributed by atoms with Gasteiger partial charge < -0.3 is 14.8 Å². The molecule has 1 N–H and O–H groups in total. The van der Waals surface area contributed by atoms with Crippen molar-refractivity contribution in [3.05, 3.63) is 70.8 Å². The first-order valence-electron chi connectivity index (χ1n) is 8.98. The van der Waals surface area contributed by atoms with Gasteiger partial charge in [0.25, 0.3) is 5.91 Å². The van der Waals surface area contributed by atoms with Crippen molar-refractivity contribution >= 4 is 40.0 Å².